The highest BCUT2D eigenvalue weighted by Crippen LogP contribution is 2.17. The highest BCUT2D eigenvalue weighted by molar-refractivity contribution is 7.98. The van der Waals surface area contributed by atoms with Crippen LogP contribution in [0.2, 0.25) is 5.15 Å². The Balaban J connectivity index is 2.83. The van der Waals surface area contributed by atoms with Gasteiger partial charge >= 0.3 is 0 Å². The minimum absolute atomic E-state index is 0.0209. The Morgan fingerprint density at radius 3 is 2.86 bits per heavy atom. The zero-order valence-electron chi connectivity index (χ0n) is 13.1. The first kappa shape index (κ1) is 18.1. The second-order valence-electron chi connectivity index (χ2n) is 5.04. The van der Waals surface area contributed by atoms with Gasteiger partial charge in [-0.1, -0.05) is 18.5 Å². The molecule has 0 aliphatic carbocycles. The Bertz CT molecular complexity index is 470. The summed E-state index contributed by atoms with van der Waals surface area (Å²) in [6.45, 7) is 4.94. The Morgan fingerprint density at radius 2 is 2.24 bits per heavy atom. The van der Waals surface area contributed by atoms with E-state index in [1.807, 2.05) is 7.05 Å². The standard InChI is InChI=1S/C15H24ClN3OS/c1-5-7-17-14-10-12(9-13(16)18-14)15(20)19(3)11(2)6-8-21-4/h9-11H,5-8H2,1-4H3,(H,17,18). The van der Waals surface area contributed by atoms with Crippen LogP contribution in [0.4, 0.5) is 5.82 Å². The first-order valence-corrected chi connectivity index (χ1v) is 8.94. The number of carbonyl (C=O) groups is 1. The van der Waals surface area contributed by atoms with Crippen LogP contribution >= 0.6 is 23.4 Å². The van der Waals surface area contributed by atoms with Gasteiger partial charge in [0.25, 0.3) is 5.91 Å². The van der Waals surface area contributed by atoms with Crippen molar-refractivity contribution in [2.24, 2.45) is 0 Å². The average Bonchev–Trinajstić information content (AvgIpc) is 2.48. The zero-order valence-corrected chi connectivity index (χ0v) is 14.7. The molecule has 1 unspecified atom stereocenters. The highest BCUT2D eigenvalue weighted by Gasteiger charge is 2.18. The molecule has 1 rings (SSSR count). The summed E-state index contributed by atoms with van der Waals surface area (Å²) in [6.07, 6.45) is 4.04. The molecule has 21 heavy (non-hydrogen) atoms. The molecule has 1 heterocycles. The van der Waals surface area contributed by atoms with Gasteiger partial charge in [0.1, 0.15) is 11.0 Å². The smallest absolute Gasteiger partial charge is 0.254 e. The predicted molar refractivity (Wildman–Crippen MR) is 92.6 cm³/mol. The van der Waals surface area contributed by atoms with Crippen molar-refractivity contribution >= 4 is 35.1 Å². The van der Waals surface area contributed by atoms with Crippen LogP contribution in [0.1, 0.15) is 37.0 Å². The monoisotopic (exact) mass is 329 g/mol. The van der Waals surface area contributed by atoms with E-state index in [9.17, 15) is 4.79 Å². The number of hydrogen-bond acceptors (Lipinski definition) is 4. The molecule has 0 spiro atoms. The maximum absolute atomic E-state index is 12.5. The van der Waals surface area contributed by atoms with E-state index < -0.39 is 0 Å². The lowest BCUT2D eigenvalue weighted by Crippen LogP contribution is -2.35. The van der Waals surface area contributed by atoms with Crippen LogP contribution in [0.25, 0.3) is 0 Å². The van der Waals surface area contributed by atoms with Gasteiger partial charge in [-0.15, -0.1) is 0 Å². The first-order valence-electron chi connectivity index (χ1n) is 7.17. The molecule has 0 fully saturated rings. The molecule has 1 aromatic heterocycles. The summed E-state index contributed by atoms with van der Waals surface area (Å²) < 4.78 is 0. The van der Waals surface area contributed by atoms with Crippen molar-refractivity contribution in [1.29, 1.82) is 0 Å². The molecular formula is C15H24ClN3OS. The van der Waals surface area contributed by atoms with Gasteiger partial charge in [0.15, 0.2) is 0 Å². The number of nitrogens with zero attached hydrogens (tertiary/aromatic N) is 2. The quantitative estimate of drug-likeness (QED) is 0.737. The van der Waals surface area contributed by atoms with Gasteiger partial charge in [0.2, 0.25) is 0 Å². The Labute approximate surface area is 136 Å². The minimum Gasteiger partial charge on any atom is -0.370 e. The fourth-order valence-corrected chi connectivity index (χ4v) is 2.64. The van der Waals surface area contributed by atoms with Crippen molar-refractivity contribution < 1.29 is 4.79 Å². The number of aromatic nitrogens is 1. The topological polar surface area (TPSA) is 45.2 Å². The number of halogens is 1. The van der Waals surface area contributed by atoms with Crippen LogP contribution in [0.3, 0.4) is 0 Å². The van der Waals surface area contributed by atoms with Gasteiger partial charge in [-0.25, -0.2) is 4.98 Å². The summed E-state index contributed by atoms with van der Waals surface area (Å²) in [4.78, 5) is 18.5. The van der Waals surface area contributed by atoms with Crippen LogP contribution < -0.4 is 5.32 Å². The lowest BCUT2D eigenvalue weighted by molar-refractivity contribution is 0.0741. The molecule has 0 radical (unpaired) electrons. The van der Waals surface area contributed by atoms with Crippen LogP contribution in [0.5, 0.6) is 0 Å². The van der Waals surface area contributed by atoms with E-state index in [2.05, 4.69) is 30.4 Å². The molecule has 0 bridgehead atoms. The Hall–Kier alpha value is -0.940. The van der Waals surface area contributed by atoms with Crippen molar-refractivity contribution in [3.8, 4) is 0 Å². The molecule has 1 amide bonds. The number of thioether (sulfide) groups is 1. The molecule has 0 saturated carbocycles. The summed E-state index contributed by atoms with van der Waals surface area (Å²) in [6, 6.07) is 3.59. The van der Waals surface area contributed by atoms with Crippen molar-refractivity contribution in [3.05, 3.63) is 22.8 Å². The molecule has 0 aliphatic heterocycles. The molecule has 1 atom stereocenters. The maximum atomic E-state index is 12.5. The molecule has 0 aromatic carbocycles. The number of pyridine rings is 1. The van der Waals surface area contributed by atoms with Crippen molar-refractivity contribution in [1.82, 2.24) is 9.88 Å². The molecule has 118 valence electrons. The molecule has 1 aromatic rings. The second kappa shape index (κ2) is 9.15. The van der Waals surface area contributed by atoms with E-state index >= 15 is 0 Å². The third kappa shape index (κ3) is 5.75. The zero-order chi connectivity index (χ0) is 15.8. The van der Waals surface area contributed by atoms with E-state index in [0.717, 1.165) is 25.1 Å². The summed E-state index contributed by atoms with van der Waals surface area (Å²) >= 11 is 7.81. The van der Waals surface area contributed by atoms with Crippen molar-refractivity contribution in [3.63, 3.8) is 0 Å². The number of nitrogens with one attached hydrogen (secondary N) is 1. The third-order valence-corrected chi connectivity index (χ3v) is 4.16. The normalized spacial score (nSPS) is 12.0. The van der Waals surface area contributed by atoms with Crippen molar-refractivity contribution in [2.75, 3.05) is 30.9 Å². The number of carbonyl (C=O) groups excluding carboxylic acids is 1. The number of anilines is 1. The Morgan fingerprint density at radius 1 is 1.52 bits per heavy atom. The average molecular weight is 330 g/mol. The molecule has 0 saturated heterocycles. The van der Waals surface area contributed by atoms with E-state index in [0.29, 0.717) is 16.5 Å². The van der Waals surface area contributed by atoms with Gasteiger partial charge in [0.05, 0.1) is 0 Å². The van der Waals surface area contributed by atoms with Gasteiger partial charge < -0.3 is 10.2 Å². The number of rotatable bonds is 8. The third-order valence-electron chi connectivity index (χ3n) is 3.32. The van der Waals surface area contributed by atoms with Gasteiger partial charge in [0, 0.05) is 25.2 Å². The molecule has 6 heteroatoms. The second-order valence-corrected chi connectivity index (χ2v) is 6.41. The molecular weight excluding hydrogens is 306 g/mol. The summed E-state index contributed by atoms with van der Waals surface area (Å²) in [5.74, 6) is 1.67. The van der Waals surface area contributed by atoms with Crippen LogP contribution in [-0.2, 0) is 0 Å². The lowest BCUT2D eigenvalue weighted by atomic mass is 10.1. The number of amides is 1. The SMILES string of the molecule is CCCNc1cc(C(=O)N(C)C(C)CCSC)cc(Cl)n1. The fraction of sp³-hybridized carbons (Fsp3) is 0.600. The van der Waals surface area contributed by atoms with E-state index in [1.165, 1.54) is 0 Å². The molecule has 1 N–H and O–H groups in total. The Kier molecular flexibility index (Phi) is 7.89. The molecule has 0 aliphatic rings. The van der Waals surface area contributed by atoms with Crippen LogP contribution in [0, 0.1) is 0 Å². The summed E-state index contributed by atoms with van der Waals surface area (Å²) in [5, 5.41) is 3.50. The van der Waals surface area contributed by atoms with Gasteiger partial charge in [-0.2, -0.15) is 11.8 Å². The summed E-state index contributed by atoms with van der Waals surface area (Å²) in [5.41, 5.74) is 0.576. The largest absolute Gasteiger partial charge is 0.370 e. The van der Waals surface area contributed by atoms with Crippen LogP contribution in [0.15, 0.2) is 12.1 Å². The van der Waals surface area contributed by atoms with Gasteiger partial charge in [-0.3, -0.25) is 4.79 Å². The molecule has 4 nitrogen and oxygen atoms in total. The van der Waals surface area contributed by atoms with E-state index in [-0.39, 0.29) is 11.9 Å². The fourth-order valence-electron chi connectivity index (χ4n) is 1.85. The minimum atomic E-state index is -0.0209. The first-order chi connectivity index (χ1) is 9.99. The summed E-state index contributed by atoms with van der Waals surface area (Å²) in [7, 11) is 1.83. The lowest BCUT2D eigenvalue weighted by Gasteiger charge is -2.25. The maximum Gasteiger partial charge on any atom is 0.254 e. The predicted octanol–water partition coefficient (Wildman–Crippen LogP) is 3.77. The van der Waals surface area contributed by atoms with Crippen LogP contribution in [-0.4, -0.2) is 47.4 Å². The highest BCUT2D eigenvalue weighted by atomic mass is 35.5. The van der Waals surface area contributed by atoms with E-state index in [1.54, 1.807) is 28.8 Å². The van der Waals surface area contributed by atoms with E-state index in [4.69, 9.17) is 11.6 Å². The van der Waals surface area contributed by atoms with Crippen molar-refractivity contribution in [2.45, 2.75) is 32.7 Å². The van der Waals surface area contributed by atoms with Gasteiger partial charge in [-0.05, 0) is 43.9 Å². The number of hydrogen-bond donors (Lipinski definition) is 1.